The van der Waals surface area contributed by atoms with Gasteiger partial charge in [0.25, 0.3) is 0 Å². The van der Waals surface area contributed by atoms with Crippen LogP contribution in [0.3, 0.4) is 0 Å². The second-order valence-corrected chi connectivity index (χ2v) is 8.96. The monoisotopic (exact) mass is 423 g/mol. The fourth-order valence-corrected chi connectivity index (χ4v) is 4.33. The summed E-state index contributed by atoms with van der Waals surface area (Å²) in [5, 5.41) is 4.57. The van der Waals surface area contributed by atoms with Crippen LogP contribution in [-0.2, 0) is 28.9 Å². The molecule has 1 aromatic carbocycles. The van der Waals surface area contributed by atoms with E-state index in [1.165, 1.54) is 61.4 Å². The number of hydrogen-bond donors (Lipinski definition) is 1. The molecule has 1 amide bonds. The van der Waals surface area contributed by atoms with Crippen molar-refractivity contribution >= 4 is 43.4 Å². The second-order valence-electron chi connectivity index (χ2n) is 6.03. The Kier molecular flexibility index (Phi) is 5.19. The minimum absolute atomic E-state index is 0.0989. The van der Waals surface area contributed by atoms with Crippen LogP contribution in [0.4, 0.5) is 5.13 Å². The van der Waals surface area contributed by atoms with Crippen LogP contribution >= 0.6 is 11.3 Å². The highest BCUT2D eigenvalue weighted by atomic mass is 32.2. The number of likely N-dealkylation sites (N-methyl/N-ethyl adjacent to an activating group) is 1. The van der Waals surface area contributed by atoms with Gasteiger partial charge in [-0.05, 0) is 18.2 Å². The summed E-state index contributed by atoms with van der Waals surface area (Å²) in [5.41, 5.74) is -0.772. The van der Waals surface area contributed by atoms with Gasteiger partial charge < -0.3 is 14.5 Å². The van der Waals surface area contributed by atoms with Crippen LogP contribution < -0.4 is 16.4 Å². The predicted octanol–water partition coefficient (Wildman–Crippen LogP) is -0.0471. The highest BCUT2D eigenvalue weighted by molar-refractivity contribution is 7.89. The molecule has 10 nitrogen and oxygen atoms in total. The van der Waals surface area contributed by atoms with E-state index < -0.39 is 33.6 Å². The number of nitrogens with one attached hydrogen (secondary N) is 1. The van der Waals surface area contributed by atoms with Crippen molar-refractivity contribution in [1.82, 2.24) is 18.4 Å². The van der Waals surface area contributed by atoms with Crippen molar-refractivity contribution in [3.8, 4) is 0 Å². The number of sulfonamides is 1. The van der Waals surface area contributed by atoms with Crippen molar-refractivity contribution in [3.63, 3.8) is 0 Å². The van der Waals surface area contributed by atoms with Crippen molar-refractivity contribution in [2.24, 2.45) is 14.1 Å². The van der Waals surface area contributed by atoms with Crippen LogP contribution in [0.25, 0.3) is 11.0 Å². The number of fused-ring (bicyclic) bond motifs is 1. The zero-order valence-corrected chi connectivity index (χ0v) is 16.9. The number of aromatic nitrogens is 3. The summed E-state index contributed by atoms with van der Waals surface area (Å²) >= 11 is 1.22. The first kappa shape index (κ1) is 19.9. The second kappa shape index (κ2) is 7.30. The Morgan fingerprint density at radius 3 is 2.43 bits per heavy atom. The number of rotatable bonds is 5. The minimum Gasteiger partial charge on any atom is -0.305 e. The summed E-state index contributed by atoms with van der Waals surface area (Å²) in [6.45, 7) is -0.411. The maximum Gasteiger partial charge on any atom is 0.316 e. The summed E-state index contributed by atoms with van der Waals surface area (Å²) in [7, 11) is 0.111. The summed E-state index contributed by atoms with van der Waals surface area (Å²) in [5.74, 6) is -0.531. The van der Waals surface area contributed by atoms with Gasteiger partial charge in [0.15, 0.2) is 5.13 Å². The number of hydrogen-bond acceptors (Lipinski definition) is 7. The van der Waals surface area contributed by atoms with Crippen molar-refractivity contribution in [3.05, 3.63) is 50.5 Å². The molecule has 2 aromatic heterocycles. The lowest BCUT2D eigenvalue weighted by Gasteiger charge is -2.17. The van der Waals surface area contributed by atoms with Crippen LogP contribution in [0.1, 0.15) is 0 Å². The van der Waals surface area contributed by atoms with E-state index in [0.717, 1.165) is 8.87 Å². The molecular formula is C16H17N5O5S2. The third kappa shape index (κ3) is 3.48. The first-order chi connectivity index (χ1) is 13.1. The van der Waals surface area contributed by atoms with Gasteiger partial charge in [-0.2, -0.15) is 4.31 Å². The predicted molar refractivity (Wildman–Crippen MR) is 105 cm³/mol. The van der Waals surface area contributed by atoms with E-state index in [-0.39, 0.29) is 10.4 Å². The molecule has 0 spiro atoms. The third-order valence-electron chi connectivity index (χ3n) is 4.21. The maximum absolute atomic E-state index is 12.8. The molecular weight excluding hydrogens is 406 g/mol. The average Bonchev–Trinajstić information content (AvgIpc) is 3.16. The summed E-state index contributed by atoms with van der Waals surface area (Å²) < 4.78 is 28.8. The van der Waals surface area contributed by atoms with Gasteiger partial charge in [0.05, 0.1) is 22.5 Å². The fraction of sp³-hybridized carbons (Fsp3) is 0.250. The lowest BCUT2D eigenvalue weighted by atomic mass is 10.3. The first-order valence-electron chi connectivity index (χ1n) is 7.98. The van der Waals surface area contributed by atoms with Gasteiger partial charge in [-0.25, -0.2) is 13.4 Å². The number of nitrogens with zero attached hydrogens (tertiary/aromatic N) is 4. The lowest BCUT2D eigenvalue weighted by molar-refractivity contribution is -0.116. The van der Waals surface area contributed by atoms with Crippen molar-refractivity contribution in [1.29, 1.82) is 0 Å². The number of aryl methyl sites for hydroxylation is 2. The van der Waals surface area contributed by atoms with Gasteiger partial charge in [0.2, 0.25) is 15.9 Å². The van der Waals surface area contributed by atoms with Gasteiger partial charge in [-0.3, -0.25) is 14.4 Å². The van der Waals surface area contributed by atoms with Crippen LogP contribution in [0.2, 0.25) is 0 Å². The summed E-state index contributed by atoms with van der Waals surface area (Å²) in [6.07, 6.45) is 1.52. The van der Waals surface area contributed by atoms with Gasteiger partial charge in [-0.1, -0.05) is 0 Å². The zero-order chi connectivity index (χ0) is 20.6. The number of thiazole rings is 1. The zero-order valence-electron chi connectivity index (χ0n) is 15.2. The molecule has 0 saturated carbocycles. The Hall–Kier alpha value is -2.83. The molecule has 12 heteroatoms. The van der Waals surface area contributed by atoms with E-state index in [0.29, 0.717) is 10.6 Å². The van der Waals surface area contributed by atoms with Gasteiger partial charge in [-0.15, -0.1) is 11.3 Å². The molecule has 0 unspecified atom stereocenters. The van der Waals surface area contributed by atoms with E-state index in [1.54, 1.807) is 5.38 Å². The van der Waals surface area contributed by atoms with E-state index in [4.69, 9.17) is 0 Å². The number of carbonyl (C=O) groups is 1. The molecule has 0 aliphatic heterocycles. The van der Waals surface area contributed by atoms with E-state index in [2.05, 4.69) is 10.3 Å². The van der Waals surface area contributed by atoms with Gasteiger partial charge in [0.1, 0.15) is 0 Å². The number of amides is 1. The van der Waals surface area contributed by atoms with Crippen molar-refractivity contribution in [2.45, 2.75) is 4.90 Å². The van der Waals surface area contributed by atoms with Crippen LogP contribution in [0, 0.1) is 0 Å². The molecule has 0 atom stereocenters. The maximum atomic E-state index is 12.8. The average molecular weight is 423 g/mol. The molecule has 148 valence electrons. The number of anilines is 1. The molecule has 2 heterocycles. The lowest BCUT2D eigenvalue weighted by Crippen LogP contribution is -2.39. The molecule has 3 aromatic rings. The van der Waals surface area contributed by atoms with Crippen LogP contribution in [0.5, 0.6) is 0 Å². The Morgan fingerprint density at radius 2 is 1.82 bits per heavy atom. The molecule has 0 saturated heterocycles. The smallest absolute Gasteiger partial charge is 0.305 e. The molecule has 3 rings (SSSR count). The van der Waals surface area contributed by atoms with Gasteiger partial charge in [0, 0.05) is 32.7 Å². The molecule has 28 heavy (non-hydrogen) atoms. The standard InChI is InChI=1S/C16H17N5O5S2/c1-19(9-13(22)18-16-17-6-7-27-16)28(25,26)10-4-5-11-12(8-10)21(3)15(24)14(23)20(11)2/h4-8H,9H2,1-3H3,(H,17,18,22). The topological polar surface area (TPSA) is 123 Å². The highest BCUT2D eigenvalue weighted by Gasteiger charge is 2.24. The SMILES string of the molecule is CN(CC(=O)Nc1nccs1)S(=O)(=O)c1ccc2c(c1)n(C)c(=O)c(=O)n2C. The van der Waals surface area contributed by atoms with E-state index in [9.17, 15) is 22.8 Å². The van der Waals surface area contributed by atoms with Crippen LogP contribution in [-0.4, -0.2) is 46.3 Å². The normalized spacial score (nSPS) is 11.9. The molecule has 0 radical (unpaired) electrons. The van der Waals surface area contributed by atoms with E-state index >= 15 is 0 Å². The molecule has 0 bridgehead atoms. The minimum atomic E-state index is -4.00. The van der Waals surface area contributed by atoms with Crippen molar-refractivity contribution in [2.75, 3.05) is 18.9 Å². The van der Waals surface area contributed by atoms with Crippen molar-refractivity contribution < 1.29 is 13.2 Å². The summed E-state index contributed by atoms with van der Waals surface area (Å²) in [4.78, 5) is 39.8. The fourth-order valence-electron chi connectivity index (χ4n) is 2.63. The van der Waals surface area contributed by atoms with Crippen LogP contribution in [0.15, 0.2) is 44.3 Å². The van der Waals surface area contributed by atoms with E-state index in [1.807, 2.05) is 0 Å². The Labute approximate surface area is 163 Å². The van der Waals surface area contributed by atoms with Gasteiger partial charge >= 0.3 is 11.1 Å². The Balaban J connectivity index is 1.95. The third-order valence-corrected chi connectivity index (χ3v) is 6.70. The molecule has 0 fully saturated rings. The number of carbonyl (C=O) groups excluding carboxylic acids is 1. The summed E-state index contributed by atoms with van der Waals surface area (Å²) in [6, 6.07) is 4.09. The molecule has 0 aliphatic rings. The largest absolute Gasteiger partial charge is 0.316 e. The molecule has 0 aliphatic carbocycles. The molecule has 1 N–H and O–H groups in total. The Morgan fingerprint density at radius 1 is 1.18 bits per heavy atom. The highest BCUT2D eigenvalue weighted by Crippen LogP contribution is 2.20. The first-order valence-corrected chi connectivity index (χ1v) is 10.3. The number of benzene rings is 1. The quantitative estimate of drug-likeness (QED) is 0.574. The Bertz CT molecular complexity index is 1280.